The molecule has 9 heteroatoms. The highest BCUT2D eigenvalue weighted by Crippen LogP contribution is 2.38. The molecule has 34 heavy (non-hydrogen) atoms. The third kappa shape index (κ3) is 4.89. The first kappa shape index (κ1) is 24.1. The average Bonchev–Trinajstić information content (AvgIpc) is 3.27. The molecule has 0 aliphatic carbocycles. The highest BCUT2D eigenvalue weighted by molar-refractivity contribution is 5.98. The standard InChI is InChI=1S/C25H33N3O6/c1-25(2,3)34-24(31)28-8-6-7-19(28)17-13-16(23(30)26(4)5)14-18-20(29)15-21(33-22(17)18)27-9-11-32-12-10-27/h13-15,19H,6-12H2,1-5H3/t19-/m0/s1. The summed E-state index contributed by atoms with van der Waals surface area (Å²) in [6, 6.07) is 4.45. The summed E-state index contributed by atoms with van der Waals surface area (Å²) in [7, 11) is 3.33. The van der Waals surface area contributed by atoms with Gasteiger partial charge in [-0.15, -0.1) is 0 Å². The van der Waals surface area contributed by atoms with Crippen molar-refractivity contribution >= 4 is 28.9 Å². The Morgan fingerprint density at radius 2 is 1.79 bits per heavy atom. The number of anilines is 1. The van der Waals surface area contributed by atoms with E-state index in [1.54, 1.807) is 31.1 Å². The van der Waals surface area contributed by atoms with Crippen LogP contribution < -0.4 is 10.3 Å². The van der Waals surface area contributed by atoms with E-state index in [4.69, 9.17) is 13.9 Å². The summed E-state index contributed by atoms with van der Waals surface area (Å²) >= 11 is 0. The predicted octanol–water partition coefficient (Wildman–Crippen LogP) is 3.40. The third-order valence-corrected chi connectivity index (χ3v) is 6.06. The molecule has 2 aliphatic rings. The molecule has 0 saturated carbocycles. The van der Waals surface area contributed by atoms with Crippen molar-refractivity contribution < 1.29 is 23.5 Å². The van der Waals surface area contributed by atoms with Crippen LogP contribution in [0.3, 0.4) is 0 Å². The van der Waals surface area contributed by atoms with Gasteiger partial charge >= 0.3 is 6.09 Å². The number of morpholine rings is 1. The number of ether oxygens (including phenoxy) is 2. The summed E-state index contributed by atoms with van der Waals surface area (Å²) in [5.41, 5.74) is 0.586. The van der Waals surface area contributed by atoms with Crippen LogP contribution in [-0.2, 0) is 9.47 Å². The number of likely N-dealkylation sites (tertiary alicyclic amines) is 1. The molecule has 9 nitrogen and oxygen atoms in total. The van der Waals surface area contributed by atoms with Gasteiger partial charge in [0.1, 0.15) is 11.2 Å². The molecule has 2 aromatic rings. The van der Waals surface area contributed by atoms with E-state index >= 15 is 0 Å². The largest absolute Gasteiger partial charge is 0.444 e. The molecule has 184 valence electrons. The Kier molecular flexibility index (Phi) is 6.58. The number of hydrogen-bond acceptors (Lipinski definition) is 7. The SMILES string of the molecule is CN(C)C(=O)c1cc([C@@H]2CCCN2C(=O)OC(C)(C)C)c2oc(N3CCOCC3)cc(=O)c2c1. The molecule has 4 rings (SSSR count). The van der Waals surface area contributed by atoms with Gasteiger partial charge in [-0.25, -0.2) is 4.79 Å². The van der Waals surface area contributed by atoms with Crippen LogP contribution in [0.2, 0.25) is 0 Å². The van der Waals surface area contributed by atoms with Gasteiger partial charge in [0.25, 0.3) is 5.91 Å². The van der Waals surface area contributed by atoms with Gasteiger partial charge in [0.05, 0.1) is 24.6 Å². The lowest BCUT2D eigenvalue weighted by Crippen LogP contribution is -2.37. The first-order valence-corrected chi connectivity index (χ1v) is 11.7. The summed E-state index contributed by atoms with van der Waals surface area (Å²) in [6.07, 6.45) is 1.04. The van der Waals surface area contributed by atoms with E-state index in [9.17, 15) is 14.4 Å². The minimum atomic E-state index is -0.634. The van der Waals surface area contributed by atoms with Crippen molar-refractivity contribution in [3.63, 3.8) is 0 Å². The van der Waals surface area contributed by atoms with Crippen molar-refractivity contribution in [2.24, 2.45) is 0 Å². The number of fused-ring (bicyclic) bond motifs is 1. The minimum Gasteiger partial charge on any atom is -0.444 e. The lowest BCUT2D eigenvalue weighted by Gasteiger charge is -2.30. The van der Waals surface area contributed by atoms with E-state index in [1.807, 2.05) is 25.7 Å². The van der Waals surface area contributed by atoms with E-state index in [1.165, 1.54) is 11.0 Å². The second-order valence-electron chi connectivity index (χ2n) is 10.0. The zero-order valence-electron chi connectivity index (χ0n) is 20.6. The number of carbonyl (C=O) groups is 2. The van der Waals surface area contributed by atoms with Gasteiger partial charge in [0, 0.05) is 50.9 Å². The highest BCUT2D eigenvalue weighted by atomic mass is 16.6. The van der Waals surface area contributed by atoms with Crippen molar-refractivity contribution in [1.29, 1.82) is 0 Å². The molecule has 2 aliphatic heterocycles. The van der Waals surface area contributed by atoms with Crippen LogP contribution in [0.4, 0.5) is 10.7 Å². The summed E-state index contributed by atoms with van der Waals surface area (Å²) in [6.45, 7) is 8.36. The predicted molar refractivity (Wildman–Crippen MR) is 128 cm³/mol. The Hall–Kier alpha value is -3.07. The van der Waals surface area contributed by atoms with Gasteiger partial charge in [0.15, 0.2) is 11.3 Å². The van der Waals surface area contributed by atoms with Crippen molar-refractivity contribution in [3.05, 3.63) is 39.5 Å². The molecule has 2 amide bonds. The number of nitrogens with zero attached hydrogens (tertiary/aromatic N) is 3. The Balaban J connectivity index is 1.86. The van der Waals surface area contributed by atoms with Crippen molar-refractivity contribution in [2.75, 3.05) is 51.8 Å². The van der Waals surface area contributed by atoms with Crippen LogP contribution >= 0.6 is 0 Å². The zero-order valence-corrected chi connectivity index (χ0v) is 20.6. The second-order valence-corrected chi connectivity index (χ2v) is 10.0. The Labute approximate surface area is 199 Å². The Bertz CT molecular complexity index is 1140. The maximum atomic E-state index is 13.2. The topological polar surface area (TPSA) is 92.5 Å². The van der Waals surface area contributed by atoms with Crippen molar-refractivity contribution in [3.8, 4) is 0 Å². The van der Waals surface area contributed by atoms with Gasteiger partial charge in [-0.05, 0) is 45.7 Å². The van der Waals surface area contributed by atoms with Crippen molar-refractivity contribution in [2.45, 2.75) is 45.3 Å². The molecule has 1 aromatic heterocycles. The lowest BCUT2D eigenvalue weighted by atomic mass is 9.97. The minimum absolute atomic E-state index is 0.221. The van der Waals surface area contributed by atoms with E-state index in [-0.39, 0.29) is 17.4 Å². The first-order valence-electron chi connectivity index (χ1n) is 11.7. The molecule has 0 radical (unpaired) electrons. The quantitative estimate of drug-likeness (QED) is 0.677. The van der Waals surface area contributed by atoms with E-state index in [2.05, 4.69) is 0 Å². The van der Waals surface area contributed by atoms with Gasteiger partial charge < -0.3 is 28.6 Å². The summed E-state index contributed by atoms with van der Waals surface area (Å²) < 4.78 is 17.4. The van der Waals surface area contributed by atoms with Crippen LogP contribution in [-0.4, -0.2) is 74.3 Å². The number of benzene rings is 1. The zero-order chi connectivity index (χ0) is 24.6. The van der Waals surface area contributed by atoms with Gasteiger partial charge in [0.2, 0.25) is 0 Å². The fourth-order valence-electron chi connectivity index (χ4n) is 4.47. The smallest absolute Gasteiger partial charge is 0.410 e. The Morgan fingerprint density at radius 1 is 1.09 bits per heavy atom. The molecular weight excluding hydrogens is 438 g/mol. The number of carbonyl (C=O) groups excluding carboxylic acids is 2. The monoisotopic (exact) mass is 471 g/mol. The number of hydrogen-bond donors (Lipinski definition) is 0. The summed E-state index contributed by atoms with van der Waals surface area (Å²) in [5.74, 6) is 0.247. The van der Waals surface area contributed by atoms with Crippen LogP contribution in [0.5, 0.6) is 0 Å². The van der Waals surface area contributed by atoms with Gasteiger partial charge in [-0.1, -0.05) is 0 Å². The average molecular weight is 472 g/mol. The molecule has 0 N–H and O–H groups in total. The molecule has 0 unspecified atom stereocenters. The first-order chi connectivity index (χ1) is 16.0. The van der Waals surface area contributed by atoms with E-state index in [0.717, 1.165) is 6.42 Å². The maximum absolute atomic E-state index is 13.2. The molecule has 0 bridgehead atoms. The van der Waals surface area contributed by atoms with Gasteiger partial charge in [-0.3, -0.25) is 9.59 Å². The van der Waals surface area contributed by atoms with Crippen LogP contribution in [0.15, 0.2) is 27.4 Å². The maximum Gasteiger partial charge on any atom is 0.410 e. The molecule has 3 heterocycles. The normalized spacial score (nSPS) is 18.9. The highest BCUT2D eigenvalue weighted by Gasteiger charge is 2.35. The van der Waals surface area contributed by atoms with Crippen molar-refractivity contribution in [1.82, 2.24) is 9.80 Å². The second kappa shape index (κ2) is 9.29. The van der Waals surface area contributed by atoms with Gasteiger partial charge in [-0.2, -0.15) is 0 Å². The molecule has 1 aromatic carbocycles. The molecule has 0 spiro atoms. The summed E-state index contributed by atoms with van der Waals surface area (Å²) in [4.78, 5) is 44.2. The molecule has 1 atom stereocenters. The number of rotatable bonds is 3. The number of amides is 2. The van der Waals surface area contributed by atoms with Crippen LogP contribution in [0, 0.1) is 0 Å². The Morgan fingerprint density at radius 3 is 2.44 bits per heavy atom. The summed E-state index contributed by atoms with van der Waals surface area (Å²) in [5, 5.41) is 0.329. The fraction of sp³-hybridized carbons (Fsp3) is 0.560. The van der Waals surface area contributed by atoms with E-state index in [0.29, 0.717) is 67.2 Å². The third-order valence-electron chi connectivity index (χ3n) is 6.06. The molecule has 2 fully saturated rings. The molecule has 2 saturated heterocycles. The van der Waals surface area contributed by atoms with Crippen LogP contribution in [0.1, 0.15) is 55.6 Å². The fourth-order valence-corrected chi connectivity index (χ4v) is 4.47. The van der Waals surface area contributed by atoms with Crippen LogP contribution in [0.25, 0.3) is 11.0 Å². The van der Waals surface area contributed by atoms with E-state index < -0.39 is 11.7 Å². The lowest BCUT2D eigenvalue weighted by molar-refractivity contribution is 0.0225. The molecular formula is C25H33N3O6.